The summed E-state index contributed by atoms with van der Waals surface area (Å²) in [5.74, 6) is 0.571. The molecule has 1 aromatic rings. The van der Waals surface area contributed by atoms with Crippen molar-refractivity contribution in [2.24, 2.45) is 10.9 Å². The van der Waals surface area contributed by atoms with Gasteiger partial charge in [0.25, 0.3) is 0 Å². The lowest BCUT2D eigenvalue weighted by Crippen LogP contribution is -2.30. The summed E-state index contributed by atoms with van der Waals surface area (Å²) in [4.78, 5) is 2.10. The maximum atomic E-state index is 13.9. The van der Waals surface area contributed by atoms with Crippen molar-refractivity contribution in [2.45, 2.75) is 19.5 Å². The molecule has 3 N–H and O–H groups in total. The topological polar surface area (TPSA) is 61.8 Å². The maximum Gasteiger partial charge on any atom is 0.170 e. The maximum absolute atomic E-state index is 13.9. The monoisotopic (exact) mass is 285 g/mol. The van der Waals surface area contributed by atoms with Gasteiger partial charge in [0.1, 0.15) is 5.82 Å². The molecule has 0 radical (unpaired) electrons. The highest BCUT2D eigenvalue weighted by Crippen LogP contribution is 2.14. The fourth-order valence-electron chi connectivity index (χ4n) is 1.69. The summed E-state index contributed by atoms with van der Waals surface area (Å²) in [6.45, 7) is 2.64. The number of hydrogen-bond donors (Lipinski definition) is 2. The van der Waals surface area contributed by atoms with Crippen molar-refractivity contribution in [2.75, 3.05) is 19.1 Å². The molecular formula is C13H20FN3OS. The molecule has 6 heteroatoms. The van der Waals surface area contributed by atoms with Gasteiger partial charge in [-0.25, -0.2) is 4.39 Å². The van der Waals surface area contributed by atoms with E-state index in [-0.39, 0.29) is 11.7 Å². The summed E-state index contributed by atoms with van der Waals surface area (Å²) in [5.41, 5.74) is 6.40. The second kappa shape index (κ2) is 7.35. The molecular weight excluding hydrogens is 265 g/mol. The first-order valence-corrected chi connectivity index (χ1v) is 7.34. The van der Waals surface area contributed by atoms with Crippen LogP contribution >= 0.6 is 11.8 Å². The predicted octanol–water partition coefficient (Wildman–Crippen LogP) is 2.10. The summed E-state index contributed by atoms with van der Waals surface area (Å²) in [6.07, 6.45) is 2.05. The van der Waals surface area contributed by atoms with Crippen LogP contribution in [0.3, 0.4) is 0 Å². The van der Waals surface area contributed by atoms with Crippen molar-refractivity contribution >= 4 is 17.6 Å². The molecule has 0 amide bonds. The van der Waals surface area contributed by atoms with Crippen LogP contribution in [0.5, 0.6) is 0 Å². The minimum absolute atomic E-state index is 0.0884. The molecule has 0 saturated heterocycles. The summed E-state index contributed by atoms with van der Waals surface area (Å²) >= 11 is 1.77. The molecule has 1 unspecified atom stereocenters. The van der Waals surface area contributed by atoms with Crippen LogP contribution in [0.25, 0.3) is 0 Å². The zero-order valence-corrected chi connectivity index (χ0v) is 12.2. The van der Waals surface area contributed by atoms with Crippen LogP contribution in [-0.2, 0) is 6.54 Å². The Hall–Kier alpha value is -1.27. The fourth-order valence-corrected chi connectivity index (χ4v) is 2.42. The third-order valence-corrected chi connectivity index (χ3v) is 3.85. The number of hydrogen-bond acceptors (Lipinski definition) is 4. The van der Waals surface area contributed by atoms with Crippen LogP contribution in [0.1, 0.15) is 18.1 Å². The number of amidine groups is 1. The Morgan fingerprint density at radius 1 is 1.58 bits per heavy atom. The van der Waals surface area contributed by atoms with E-state index < -0.39 is 0 Å². The molecule has 19 heavy (non-hydrogen) atoms. The van der Waals surface area contributed by atoms with E-state index in [0.717, 1.165) is 5.75 Å². The van der Waals surface area contributed by atoms with Gasteiger partial charge in [0.2, 0.25) is 0 Å². The predicted molar refractivity (Wildman–Crippen MR) is 78.2 cm³/mol. The first kappa shape index (κ1) is 15.8. The third-order valence-electron chi connectivity index (χ3n) is 3.04. The van der Waals surface area contributed by atoms with Gasteiger partial charge in [-0.05, 0) is 26.3 Å². The van der Waals surface area contributed by atoms with Crippen LogP contribution in [-0.4, -0.2) is 41.0 Å². The highest BCUT2D eigenvalue weighted by Gasteiger charge is 2.12. The molecule has 0 aliphatic heterocycles. The van der Waals surface area contributed by atoms with Crippen LogP contribution in [0.4, 0.5) is 4.39 Å². The lowest BCUT2D eigenvalue weighted by molar-refractivity contribution is 0.266. The van der Waals surface area contributed by atoms with Crippen molar-refractivity contribution in [3.05, 3.63) is 35.1 Å². The quantitative estimate of drug-likeness (QED) is 0.364. The molecule has 0 fully saturated rings. The molecule has 0 bridgehead atoms. The molecule has 0 aliphatic carbocycles. The Morgan fingerprint density at radius 3 is 2.79 bits per heavy atom. The molecule has 106 valence electrons. The average molecular weight is 285 g/mol. The minimum atomic E-state index is -0.340. The van der Waals surface area contributed by atoms with Gasteiger partial charge in [0, 0.05) is 29.5 Å². The molecule has 1 atom stereocenters. The Bertz CT molecular complexity index is 454. The summed E-state index contributed by atoms with van der Waals surface area (Å²) in [6, 6.07) is 4.99. The van der Waals surface area contributed by atoms with Crippen molar-refractivity contribution < 1.29 is 9.60 Å². The first-order chi connectivity index (χ1) is 8.99. The molecule has 0 aliphatic rings. The second-order valence-electron chi connectivity index (χ2n) is 4.51. The minimum Gasteiger partial charge on any atom is -0.409 e. The molecule has 0 spiro atoms. The smallest absolute Gasteiger partial charge is 0.170 e. The van der Waals surface area contributed by atoms with E-state index in [1.54, 1.807) is 23.9 Å². The number of halogens is 1. The number of benzene rings is 1. The Balaban J connectivity index is 2.80. The fraction of sp³-hybridized carbons (Fsp3) is 0.462. The number of oxime groups is 1. The summed E-state index contributed by atoms with van der Waals surface area (Å²) in [5, 5.41) is 11.4. The number of nitrogens with two attached hydrogens (primary N) is 1. The van der Waals surface area contributed by atoms with Gasteiger partial charge in [-0.3, -0.25) is 4.90 Å². The molecule has 0 heterocycles. The van der Waals surface area contributed by atoms with Crippen molar-refractivity contribution in [1.82, 2.24) is 4.90 Å². The van der Waals surface area contributed by atoms with Gasteiger partial charge in [-0.1, -0.05) is 17.3 Å². The van der Waals surface area contributed by atoms with E-state index in [1.165, 1.54) is 6.07 Å². The Morgan fingerprint density at radius 2 is 2.26 bits per heavy atom. The first-order valence-electron chi connectivity index (χ1n) is 5.95. The van der Waals surface area contributed by atoms with Gasteiger partial charge in [-0.2, -0.15) is 11.8 Å². The van der Waals surface area contributed by atoms with Gasteiger partial charge in [0.05, 0.1) is 0 Å². The van der Waals surface area contributed by atoms with E-state index in [0.29, 0.717) is 23.7 Å². The van der Waals surface area contributed by atoms with Crippen LogP contribution in [0, 0.1) is 5.82 Å². The summed E-state index contributed by atoms with van der Waals surface area (Å²) in [7, 11) is 1.97. The molecule has 0 saturated carbocycles. The largest absolute Gasteiger partial charge is 0.409 e. The van der Waals surface area contributed by atoms with Gasteiger partial charge in [-0.15, -0.1) is 0 Å². The van der Waals surface area contributed by atoms with E-state index in [2.05, 4.69) is 23.2 Å². The second-order valence-corrected chi connectivity index (χ2v) is 5.42. The summed E-state index contributed by atoms with van der Waals surface area (Å²) < 4.78 is 13.9. The lowest BCUT2D eigenvalue weighted by atomic mass is 10.1. The van der Waals surface area contributed by atoms with Gasteiger partial charge >= 0.3 is 0 Å². The molecule has 4 nitrogen and oxygen atoms in total. The molecule has 1 aromatic carbocycles. The highest BCUT2D eigenvalue weighted by atomic mass is 32.2. The van der Waals surface area contributed by atoms with Crippen molar-refractivity contribution in [3.8, 4) is 0 Å². The van der Waals surface area contributed by atoms with E-state index in [1.807, 2.05) is 7.05 Å². The molecule has 0 aromatic heterocycles. The zero-order valence-electron chi connectivity index (χ0n) is 11.4. The third kappa shape index (κ3) is 4.40. The standard InChI is InChI=1S/C13H20FN3OS/c1-9(8-19-3)17(2)7-11-5-4-10(6-12(11)14)13(15)16-18/h4-6,9,18H,7-8H2,1-3H3,(H2,15,16). The Kier molecular flexibility index (Phi) is 6.11. The van der Waals surface area contributed by atoms with Gasteiger partial charge < -0.3 is 10.9 Å². The molecule has 1 rings (SSSR count). The van der Waals surface area contributed by atoms with E-state index >= 15 is 0 Å². The zero-order chi connectivity index (χ0) is 14.4. The van der Waals surface area contributed by atoms with Crippen LogP contribution < -0.4 is 5.73 Å². The number of thioether (sulfide) groups is 1. The van der Waals surface area contributed by atoms with E-state index in [4.69, 9.17) is 10.9 Å². The number of rotatable bonds is 6. The normalized spacial score (nSPS) is 13.8. The lowest BCUT2D eigenvalue weighted by Gasteiger charge is -2.24. The van der Waals surface area contributed by atoms with Crippen molar-refractivity contribution in [3.63, 3.8) is 0 Å². The number of nitrogens with zero attached hydrogens (tertiary/aromatic N) is 2. The van der Waals surface area contributed by atoms with Crippen molar-refractivity contribution in [1.29, 1.82) is 0 Å². The highest BCUT2D eigenvalue weighted by molar-refractivity contribution is 7.98. The van der Waals surface area contributed by atoms with Gasteiger partial charge in [0.15, 0.2) is 5.84 Å². The average Bonchev–Trinajstić information content (AvgIpc) is 2.40. The van der Waals surface area contributed by atoms with E-state index in [9.17, 15) is 4.39 Å². The van der Waals surface area contributed by atoms with Crippen LogP contribution in [0.15, 0.2) is 23.4 Å². The Labute approximate surface area is 117 Å². The van der Waals surface area contributed by atoms with Crippen LogP contribution in [0.2, 0.25) is 0 Å². The SMILES string of the molecule is CSCC(C)N(C)Cc1ccc(/C(N)=N/O)cc1F.